The van der Waals surface area contributed by atoms with E-state index in [9.17, 15) is 13.6 Å². The maximum atomic E-state index is 13.9. The van der Waals surface area contributed by atoms with Crippen molar-refractivity contribution < 1.29 is 13.6 Å². The van der Waals surface area contributed by atoms with E-state index < -0.39 is 17.8 Å². The van der Waals surface area contributed by atoms with E-state index >= 15 is 0 Å². The van der Waals surface area contributed by atoms with Crippen molar-refractivity contribution in [2.45, 2.75) is 38.9 Å². The lowest BCUT2D eigenvalue weighted by molar-refractivity contribution is -0.130. The van der Waals surface area contributed by atoms with Crippen molar-refractivity contribution >= 4 is 5.91 Å². The second kappa shape index (κ2) is 5.65. The number of hydrogen-bond acceptors (Lipinski definition) is 2. The normalized spacial score (nSPS) is 23.2. The molecule has 19 heavy (non-hydrogen) atoms. The minimum absolute atomic E-state index is 0.0157. The van der Waals surface area contributed by atoms with Crippen LogP contribution in [0.15, 0.2) is 18.2 Å². The van der Waals surface area contributed by atoms with Gasteiger partial charge >= 0.3 is 0 Å². The van der Waals surface area contributed by atoms with Gasteiger partial charge in [0.05, 0.1) is 6.04 Å². The van der Waals surface area contributed by atoms with E-state index in [2.05, 4.69) is 5.32 Å². The first-order chi connectivity index (χ1) is 9.08. The minimum Gasteiger partial charge on any atom is -0.321 e. The first-order valence-corrected chi connectivity index (χ1v) is 6.60. The van der Waals surface area contributed by atoms with E-state index in [-0.39, 0.29) is 11.9 Å². The molecule has 2 rings (SSSR count). The number of nitrogens with zero attached hydrogens (tertiary/aromatic N) is 1. The third-order valence-corrected chi connectivity index (χ3v) is 3.38. The Labute approximate surface area is 111 Å². The van der Waals surface area contributed by atoms with Gasteiger partial charge in [0.15, 0.2) is 0 Å². The van der Waals surface area contributed by atoms with E-state index in [1.807, 2.05) is 13.8 Å². The maximum absolute atomic E-state index is 13.9. The van der Waals surface area contributed by atoms with Gasteiger partial charge in [0.1, 0.15) is 17.8 Å². The Bertz CT molecular complexity index is 479. The highest BCUT2D eigenvalue weighted by Crippen LogP contribution is 2.28. The summed E-state index contributed by atoms with van der Waals surface area (Å²) in [4.78, 5) is 13.8. The van der Waals surface area contributed by atoms with Crippen LogP contribution in [0.5, 0.6) is 0 Å². The van der Waals surface area contributed by atoms with Crippen molar-refractivity contribution in [3.8, 4) is 0 Å². The Morgan fingerprint density at radius 3 is 2.63 bits per heavy atom. The first kappa shape index (κ1) is 13.9. The third-order valence-electron chi connectivity index (χ3n) is 3.38. The van der Waals surface area contributed by atoms with Gasteiger partial charge in [-0.1, -0.05) is 13.8 Å². The van der Waals surface area contributed by atoms with E-state index in [1.54, 1.807) is 4.90 Å². The maximum Gasteiger partial charge on any atom is 0.241 e. The molecule has 0 saturated carbocycles. The lowest BCUT2D eigenvalue weighted by Gasteiger charge is -2.24. The van der Waals surface area contributed by atoms with Crippen molar-refractivity contribution in [2.75, 3.05) is 6.54 Å². The summed E-state index contributed by atoms with van der Waals surface area (Å²) in [5, 5.41) is 3.12. The Kier molecular flexibility index (Phi) is 4.14. The van der Waals surface area contributed by atoms with Crippen LogP contribution in [0.25, 0.3) is 0 Å². The van der Waals surface area contributed by atoms with Crippen molar-refractivity contribution in [1.82, 2.24) is 10.2 Å². The zero-order valence-electron chi connectivity index (χ0n) is 11.1. The van der Waals surface area contributed by atoms with E-state index in [0.717, 1.165) is 12.5 Å². The lowest BCUT2D eigenvalue weighted by atomic mass is 10.1. The number of carbonyl (C=O) groups excluding carboxylic acids is 1. The monoisotopic (exact) mass is 268 g/mol. The number of amides is 1. The molecule has 1 amide bonds. The Hall–Kier alpha value is -1.49. The van der Waals surface area contributed by atoms with Gasteiger partial charge < -0.3 is 4.90 Å². The highest BCUT2D eigenvalue weighted by molar-refractivity contribution is 5.84. The molecule has 0 spiro atoms. The molecule has 0 aliphatic carbocycles. The number of nitrogens with one attached hydrogen (secondary N) is 1. The van der Waals surface area contributed by atoms with E-state index in [0.29, 0.717) is 18.5 Å². The molecule has 1 saturated heterocycles. The van der Waals surface area contributed by atoms with Crippen molar-refractivity contribution in [1.29, 1.82) is 0 Å². The van der Waals surface area contributed by atoms with Gasteiger partial charge in [0, 0.05) is 18.2 Å². The summed E-state index contributed by atoms with van der Waals surface area (Å²) in [7, 11) is 0. The molecule has 104 valence electrons. The molecule has 0 radical (unpaired) electrons. The van der Waals surface area contributed by atoms with Crippen LogP contribution >= 0.6 is 0 Å². The molecule has 1 aliphatic heterocycles. The Balaban J connectivity index is 2.33. The summed E-state index contributed by atoms with van der Waals surface area (Å²) < 4.78 is 26.8. The zero-order chi connectivity index (χ0) is 14.0. The Morgan fingerprint density at radius 2 is 2.05 bits per heavy atom. The molecular formula is C14H18F2N2O. The van der Waals surface area contributed by atoms with Crippen LogP contribution in [0.3, 0.4) is 0 Å². The van der Waals surface area contributed by atoms with Crippen molar-refractivity contribution in [3.63, 3.8) is 0 Å². The fourth-order valence-electron chi connectivity index (χ4n) is 2.43. The van der Waals surface area contributed by atoms with Gasteiger partial charge in [0.25, 0.3) is 0 Å². The molecule has 5 heteroatoms. The minimum atomic E-state index is -0.622. The lowest BCUT2D eigenvalue weighted by Crippen LogP contribution is -2.32. The van der Waals surface area contributed by atoms with Crippen LogP contribution in [0.2, 0.25) is 0 Å². The zero-order valence-corrected chi connectivity index (χ0v) is 11.1. The quantitative estimate of drug-likeness (QED) is 0.910. The summed E-state index contributed by atoms with van der Waals surface area (Å²) in [6.45, 7) is 4.43. The van der Waals surface area contributed by atoms with Gasteiger partial charge in [-0.15, -0.1) is 0 Å². The molecule has 2 unspecified atom stereocenters. The van der Waals surface area contributed by atoms with Gasteiger partial charge in [-0.2, -0.15) is 0 Å². The average molecular weight is 268 g/mol. The molecule has 1 N–H and O–H groups in total. The third kappa shape index (κ3) is 2.61. The molecule has 1 heterocycles. The van der Waals surface area contributed by atoms with Crippen molar-refractivity contribution in [2.24, 2.45) is 0 Å². The molecular weight excluding hydrogens is 250 g/mol. The topological polar surface area (TPSA) is 32.3 Å². The highest BCUT2D eigenvalue weighted by Gasteiger charge is 2.39. The molecule has 3 nitrogen and oxygen atoms in total. The number of benzene rings is 1. The highest BCUT2D eigenvalue weighted by atomic mass is 19.1. The molecule has 2 atom stereocenters. The number of hydrogen-bond donors (Lipinski definition) is 1. The van der Waals surface area contributed by atoms with Crippen LogP contribution < -0.4 is 5.32 Å². The van der Waals surface area contributed by atoms with E-state index in [4.69, 9.17) is 0 Å². The van der Waals surface area contributed by atoms with Crippen LogP contribution in [0.1, 0.15) is 38.4 Å². The van der Waals surface area contributed by atoms with Crippen LogP contribution in [-0.4, -0.2) is 23.4 Å². The fourth-order valence-corrected chi connectivity index (χ4v) is 2.43. The van der Waals surface area contributed by atoms with Crippen molar-refractivity contribution in [3.05, 3.63) is 35.4 Å². The van der Waals surface area contributed by atoms with Gasteiger partial charge in [-0.05, 0) is 25.0 Å². The molecule has 0 aromatic heterocycles. The molecule has 1 aromatic carbocycles. The van der Waals surface area contributed by atoms with Gasteiger partial charge in [0.2, 0.25) is 5.91 Å². The van der Waals surface area contributed by atoms with Crippen LogP contribution in [-0.2, 0) is 4.79 Å². The molecule has 1 fully saturated rings. The van der Waals surface area contributed by atoms with Crippen LogP contribution in [0, 0.1) is 11.6 Å². The van der Waals surface area contributed by atoms with Gasteiger partial charge in [-0.3, -0.25) is 10.1 Å². The number of rotatable bonds is 4. The average Bonchev–Trinajstić information content (AvgIpc) is 2.68. The predicted octanol–water partition coefficient (Wildman–Crippen LogP) is 2.58. The molecule has 0 bridgehead atoms. The largest absolute Gasteiger partial charge is 0.321 e. The second-order valence-corrected chi connectivity index (χ2v) is 4.73. The smallest absolute Gasteiger partial charge is 0.241 e. The molecule has 1 aliphatic rings. The van der Waals surface area contributed by atoms with Crippen LogP contribution in [0.4, 0.5) is 8.78 Å². The summed E-state index contributed by atoms with van der Waals surface area (Å²) in [6.07, 6.45) is 0.944. The summed E-state index contributed by atoms with van der Waals surface area (Å²) in [6, 6.07) is 3.18. The Morgan fingerprint density at radius 1 is 1.32 bits per heavy atom. The first-order valence-electron chi connectivity index (χ1n) is 6.60. The summed E-state index contributed by atoms with van der Waals surface area (Å²) in [5.74, 6) is -1.25. The van der Waals surface area contributed by atoms with E-state index in [1.165, 1.54) is 12.1 Å². The summed E-state index contributed by atoms with van der Waals surface area (Å²) in [5.41, 5.74) is 0.319. The number of halogens is 2. The summed E-state index contributed by atoms with van der Waals surface area (Å²) >= 11 is 0. The predicted molar refractivity (Wildman–Crippen MR) is 68.3 cm³/mol. The fraction of sp³-hybridized carbons (Fsp3) is 0.500. The second-order valence-electron chi connectivity index (χ2n) is 4.73. The van der Waals surface area contributed by atoms with Gasteiger partial charge in [-0.25, -0.2) is 8.78 Å². The molecule has 1 aromatic rings. The SMILES string of the molecule is CCCN1C(=O)C(CC)NC1c1ccc(F)cc1F. The standard InChI is InChI=1S/C14H18F2N2O/c1-3-7-18-13(17-12(4-2)14(18)19)10-6-5-9(15)8-11(10)16/h5-6,8,12-13,17H,3-4,7H2,1-2H3. The number of carbonyl (C=O) groups is 1.